The first-order chi connectivity index (χ1) is 10.3. The Hall–Kier alpha value is -1.92. The molecule has 110 valence electrons. The molecule has 1 aliphatic rings. The number of thiazole rings is 1. The average molecular weight is 303 g/mol. The predicted octanol–water partition coefficient (Wildman–Crippen LogP) is 1.62. The molecular formula is C15H17N3O2S. The first-order valence-electron chi connectivity index (χ1n) is 6.93. The number of carbonyl (C=O) groups is 1. The lowest BCUT2D eigenvalue weighted by Gasteiger charge is -2.27. The Bertz CT molecular complexity index is 595. The van der Waals surface area contributed by atoms with Crippen molar-refractivity contribution in [1.82, 2.24) is 15.2 Å². The van der Waals surface area contributed by atoms with Crippen LogP contribution in [0.1, 0.15) is 0 Å². The molecule has 0 radical (unpaired) electrons. The van der Waals surface area contributed by atoms with Crippen LogP contribution in [0.3, 0.4) is 0 Å². The molecule has 1 N–H and O–H groups in total. The lowest BCUT2D eigenvalue weighted by Crippen LogP contribution is -2.47. The van der Waals surface area contributed by atoms with E-state index in [0.717, 1.165) is 37.4 Å². The summed E-state index contributed by atoms with van der Waals surface area (Å²) in [5, 5.41) is 5.22. The zero-order chi connectivity index (χ0) is 14.5. The maximum absolute atomic E-state index is 12.0. The molecule has 0 spiro atoms. The molecule has 1 amide bonds. The molecule has 2 aromatic rings. The van der Waals surface area contributed by atoms with Gasteiger partial charge in [-0.2, -0.15) is 0 Å². The highest BCUT2D eigenvalue weighted by molar-refractivity contribution is 7.07. The van der Waals surface area contributed by atoms with Gasteiger partial charge < -0.3 is 15.0 Å². The highest BCUT2D eigenvalue weighted by Gasteiger charge is 2.16. The van der Waals surface area contributed by atoms with Gasteiger partial charge in [-0.3, -0.25) is 4.79 Å². The minimum Gasteiger partial charge on any atom is -0.484 e. The lowest BCUT2D eigenvalue weighted by atomic mass is 10.2. The Balaban J connectivity index is 1.60. The molecule has 1 fully saturated rings. The van der Waals surface area contributed by atoms with Crippen LogP contribution < -0.4 is 10.1 Å². The summed E-state index contributed by atoms with van der Waals surface area (Å²) >= 11 is 1.56. The van der Waals surface area contributed by atoms with Crippen LogP contribution in [0.5, 0.6) is 5.75 Å². The second kappa shape index (κ2) is 6.69. The summed E-state index contributed by atoms with van der Waals surface area (Å²) in [6.07, 6.45) is 0. The number of ether oxygens (including phenoxy) is 1. The van der Waals surface area contributed by atoms with Crippen molar-refractivity contribution >= 4 is 17.2 Å². The summed E-state index contributed by atoms with van der Waals surface area (Å²) in [5.41, 5.74) is 3.74. The van der Waals surface area contributed by atoms with Crippen LogP contribution in [0.4, 0.5) is 0 Å². The van der Waals surface area contributed by atoms with Crippen molar-refractivity contribution < 1.29 is 9.53 Å². The third-order valence-electron chi connectivity index (χ3n) is 3.39. The number of hydrogen-bond acceptors (Lipinski definition) is 5. The van der Waals surface area contributed by atoms with Crippen molar-refractivity contribution in [2.75, 3.05) is 32.8 Å². The van der Waals surface area contributed by atoms with Crippen molar-refractivity contribution in [2.45, 2.75) is 0 Å². The van der Waals surface area contributed by atoms with E-state index in [2.05, 4.69) is 10.3 Å². The molecule has 0 saturated carbocycles. The first kappa shape index (κ1) is 14.0. The van der Waals surface area contributed by atoms with Gasteiger partial charge >= 0.3 is 0 Å². The average Bonchev–Trinajstić information content (AvgIpc) is 3.08. The van der Waals surface area contributed by atoms with E-state index in [1.54, 1.807) is 16.8 Å². The Kier molecular flexibility index (Phi) is 4.47. The molecule has 1 aromatic carbocycles. The molecule has 2 heterocycles. The van der Waals surface area contributed by atoms with Gasteiger partial charge in [0, 0.05) is 37.1 Å². The third-order valence-corrected chi connectivity index (χ3v) is 3.98. The fourth-order valence-corrected chi connectivity index (χ4v) is 2.81. The summed E-state index contributed by atoms with van der Waals surface area (Å²) in [7, 11) is 0. The predicted molar refractivity (Wildman–Crippen MR) is 82.5 cm³/mol. The van der Waals surface area contributed by atoms with E-state index in [4.69, 9.17) is 4.74 Å². The second-order valence-electron chi connectivity index (χ2n) is 4.82. The summed E-state index contributed by atoms with van der Waals surface area (Å²) < 4.78 is 5.62. The molecule has 1 saturated heterocycles. The van der Waals surface area contributed by atoms with Gasteiger partial charge in [-0.25, -0.2) is 4.98 Å². The molecule has 3 rings (SSSR count). The van der Waals surface area contributed by atoms with Gasteiger partial charge in [0.15, 0.2) is 6.61 Å². The van der Waals surface area contributed by atoms with Crippen molar-refractivity contribution in [3.8, 4) is 17.0 Å². The number of rotatable bonds is 4. The largest absolute Gasteiger partial charge is 0.484 e. The number of carbonyl (C=O) groups excluding carboxylic acids is 1. The van der Waals surface area contributed by atoms with Crippen LogP contribution in [0, 0.1) is 0 Å². The van der Waals surface area contributed by atoms with Crippen molar-refractivity contribution in [1.29, 1.82) is 0 Å². The van der Waals surface area contributed by atoms with Gasteiger partial charge in [-0.05, 0) is 12.1 Å². The molecule has 0 bridgehead atoms. The molecule has 5 nitrogen and oxygen atoms in total. The zero-order valence-corrected chi connectivity index (χ0v) is 12.4. The smallest absolute Gasteiger partial charge is 0.260 e. The fourth-order valence-electron chi connectivity index (χ4n) is 2.25. The number of benzene rings is 1. The molecule has 21 heavy (non-hydrogen) atoms. The molecule has 1 aliphatic heterocycles. The Morgan fingerprint density at radius 3 is 3.00 bits per heavy atom. The number of piperazine rings is 1. The van der Waals surface area contributed by atoms with Crippen LogP contribution in [0.2, 0.25) is 0 Å². The maximum atomic E-state index is 12.0. The molecule has 0 atom stereocenters. The summed E-state index contributed by atoms with van der Waals surface area (Å²) in [4.78, 5) is 18.2. The fraction of sp³-hybridized carbons (Fsp3) is 0.333. The number of hydrogen-bond donors (Lipinski definition) is 1. The Morgan fingerprint density at radius 2 is 2.24 bits per heavy atom. The van der Waals surface area contributed by atoms with Crippen LogP contribution in [-0.2, 0) is 4.79 Å². The summed E-state index contributed by atoms with van der Waals surface area (Å²) in [6, 6.07) is 7.68. The molecule has 1 aromatic heterocycles. The molecule has 6 heteroatoms. The van der Waals surface area contributed by atoms with E-state index in [1.165, 1.54) is 0 Å². The Labute approximate surface area is 127 Å². The van der Waals surface area contributed by atoms with Crippen molar-refractivity contribution in [3.05, 3.63) is 35.2 Å². The standard InChI is InChI=1S/C15H17N3O2S/c19-15(18-6-4-16-5-7-18)9-20-13-3-1-2-12(8-13)14-10-21-11-17-14/h1-3,8,10-11,16H,4-7,9H2. The van der Waals surface area contributed by atoms with Gasteiger partial charge in [0.05, 0.1) is 11.2 Å². The lowest BCUT2D eigenvalue weighted by molar-refractivity contribution is -0.133. The quantitative estimate of drug-likeness (QED) is 0.932. The van der Waals surface area contributed by atoms with E-state index in [0.29, 0.717) is 5.75 Å². The number of nitrogens with one attached hydrogen (secondary N) is 1. The third kappa shape index (κ3) is 3.59. The van der Waals surface area contributed by atoms with E-state index in [1.807, 2.05) is 34.5 Å². The van der Waals surface area contributed by atoms with Gasteiger partial charge in [0.25, 0.3) is 5.91 Å². The molecule has 0 unspecified atom stereocenters. The van der Waals surface area contributed by atoms with Crippen molar-refractivity contribution in [2.24, 2.45) is 0 Å². The van der Waals surface area contributed by atoms with E-state index >= 15 is 0 Å². The van der Waals surface area contributed by atoms with E-state index < -0.39 is 0 Å². The van der Waals surface area contributed by atoms with E-state index in [-0.39, 0.29) is 12.5 Å². The maximum Gasteiger partial charge on any atom is 0.260 e. The Morgan fingerprint density at radius 1 is 1.38 bits per heavy atom. The zero-order valence-electron chi connectivity index (χ0n) is 11.6. The normalized spacial score (nSPS) is 15.0. The SMILES string of the molecule is O=C(COc1cccc(-c2cscn2)c1)N1CCNCC1. The highest BCUT2D eigenvalue weighted by atomic mass is 32.1. The van der Waals surface area contributed by atoms with Crippen LogP contribution in [0.25, 0.3) is 11.3 Å². The summed E-state index contributed by atoms with van der Waals surface area (Å²) in [6.45, 7) is 3.29. The van der Waals surface area contributed by atoms with Gasteiger partial charge in [-0.1, -0.05) is 12.1 Å². The minimum atomic E-state index is 0.0376. The molecule has 0 aliphatic carbocycles. The number of amides is 1. The number of aromatic nitrogens is 1. The van der Waals surface area contributed by atoms with Crippen LogP contribution in [-0.4, -0.2) is 48.6 Å². The van der Waals surface area contributed by atoms with Crippen LogP contribution >= 0.6 is 11.3 Å². The first-order valence-corrected chi connectivity index (χ1v) is 7.87. The second-order valence-corrected chi connectivity index (χ2v) is 5.54. The van der Waals surface area contributed by atoms with E-state index in [9.17, 15) is 4.79 Å². The number of nitrogens with zero attached hydrogens (tertiary/aromatic N) is 2. The van der Waals surface area contributed by atoms with Gasteiger partial charge in [-0.15, -0.1) is 11.3 Å². The topological polar surface area (TPSA) is 54.5 Å². The van der Waals surface area contributed by atoms with Crippen LogP contribution in [0.15, 0.2) is 35.2 Å². The summed E-state index contributed by atoms with van der Waals surface area (Å²) in [5.74, 6) is 0.736. The van der Waals surface area contributed by atoms with Gasteiger partial charge in [0.1, 0.15) is 5.75 Å². The monoisotopic (exact) mass is 303 g/mol. The van der Waals surface area contributed by atoms with Crippen molar-refractivity contribution in [3.63, 3.8) is 0 Å². The van der Waals surface area contributed by atoms with Gasteiger partial charge in [0.2, 0.25) is 0 Å². The molecular weight excluding hydrogens is 286 g/mol. The minimum absolute atomic E-state index is 0.0376. The highest BCUT2D eigenvalue weighted by Crippen LogP contribution is 2.23.